The largest absolute Gasteiger partial charge is 0.436 e. The van der Waals surface area contributed by atoms with E-state index in [9.17, 15) is 23.6 Å². The van der Waals surface area contributed by atoms with Gasteiger partial charge >= 0.3 is 5.69 Å². The summed E-state index contributed by atoms with van der Waals surface area (Å²) < 4.78 is 21.5. The maximum Gasteiger partial charge on any atom is 0.329 e. The summed E-state index contributed by atoms with van der Waals surface area (Å²) in [5.74, 6) is -0.893. The lowest BCUT2D eigenvalue weighted by Crippen LogP contribution is -2.50. The maximum atomic E-state index is 14.7. The normalized spacial score (nSPS) is 13.8. The molecule has 37 heavy (non-hydrogen) atoms. The molecule has 1 saturated heterocycles. The van der Waals surface area contributed by atoms with Gasteiger partial charge in [-0.25, -0.2) is 14.2 Å². The van der Waals surface area contributed by atoms with Crippen LogP contribution in [-0.2, 0) is 6.54 Å². The fourth-order valence-electron chi connectivity index (χ4n) is 4.57. The molecule has 1 aliphatic rings. The molecule has 11 heteroatoms. The van der Waals surface area contributed by atoms with E-state index in [0.717, 1.165) is 0 Å². The van der Waals surface area contributed by atoms with Gasteiger partial charge in [-0.15, -0.1) is 0 Å². The van der Waals surface area contributed by atoms with Crippen LogP contribution in [0.3, 0.4) is 0 Å². The molecule has 4 aromatic rings. The van der Waals surface area contributed by atoms with E-state index >= 15 is 0 Å². The second-order valence-corrected chi connectivity index (χ2v) is 8.91. The lowest BCUT2D eigenvalue weighted by molar-refractivity contribution is 0.0514. The lowest BCUT2D eigenvalue weighted by Gasteiger charge is -2.34. The van der Waals surface area contributed by atoms with Crippen LogP contribution in [0.5, 0.6) is 0 Å². The number of aromatic nitrogens is 3. The van der Waals surface area contributed by atoms with Crippen molar-refractivity contribution in [2.24, 2.45) is 0 Å². The number of hydrogen-bond donors (Lipinski definition) is 1. The molecule has 2 aromatic carbocycles. The number of halogens is 1. The van der Waals surface area contributed by atoms with Crippen molar-refractivity contribution in [2.45, 2.75) is 20.4 Å². The first-order valence-corrected chi connectivity index (χ1v) is 11.8. The number of carbonyl (C=O) groups excluding carboxylic acids is 2. The van der Waals surface area contributed by atoms with E-state index in [-0.39, 0.29) is 50.0 Å². The Hall–Kier alpha value is -4.54. The highest BCUT2D eigenvalue weighted by Crippen LogP contribution is 2.19. The van der Waals surface area contributed by atoms with Gasteiger partial charge in [0.15, 0.2) is 5.89 Å². The van der Waals surface area contributed by atoms with Gasteiger partial charge in [0.2, 0.25) is 5.76 Å². The van der Waals surface area contributed by atoms with Crippen molar-refractivity contribution in [1.82, 2.24) is 24.3 Å². The number of hydrogen-bond acceptors (Lipinski definition) is 6. The Morgan fingerprint density at radius 3 is 2.35 bits per heavy atom. The smallest absolute Gasteiger partial charge is 0.329 e. The van der Waals surface area contributed by atoms with Crippen molar-refractivity contribution in [3.63, 3.8) is 0 Å². The van der Waals surface area contributed by atoms with Gasteiger partial charge in [0.05, 0.1) is 28.7 Å². The topological polar surface area (TPSA) is 122 Å². The Kier molecular flexibility index (Phi) is 6.20. The summed E-state index contributed by atoms with van der Waals surface area (Å²) >= 11 is 0. The van der Waals surface area contributed by atoms with Crippen LogP contribution in [0.1, 0.15) is 38.1 Å². The predicted octanol–water partition coefficient (Wildman–Crippen LogP) is 2.08. The van der Waals surface area contributed by atoms with Gasteiger partial charge in [0.1, 0.15) is 5.82 Å². The Labute approximate surface area is 210 Å². The minimum atomic E-state index is -0.682. The van der Waals surface area contributed by atoms with E-state index in [0.29, 0.717) is 28.1 Å². The van der Waals surface area contributed by atoms with Gasteiger partial charge in [0, 0.05) is 33.1 Å². The van der Waals surface area contributed by atoms with Gasteiger partial charge in [-0.3, -0.25) is 23.9 Å². The number of benzene rings is 2. The average Bonchev–Trinajstić information content (AvgIpc) is 3.24. The van der Waals surface area contributed by atoms with E-state index in [2.05, 4.69) is 9.97 Å². The molecule has 0 radical (unpaired) electrons. The van der Waals surface area contributed by atoms with Crippen molar-refractivity contribution in [3.8, 4) is 0 Å². The minimum absolute atomic E-state index is 0.0366. The third kappa shape index (κ3) is 4.55. The Balaban J connectivity index is 1.34. The van der Waals surface area contributed by atoms with Gasteiger partial charge in [0.25, 0.3) is 17.4 Å². The third-order valence-corrected chi connectivity index (χ3v) is 6.46. The number of amides is 2. The molecule has 2 amide bonds. The number of rotatable bonds is 4. The second-order valence-electron chi connectivity index (χ2n) is 8.91. The summed E-state index contributed by atoms with van der Waals surface area (Å²) in [5.41, 5.74) is 0.257. The highest BCUT2D eigenvalue weighted by atomic mass is 19.1. The van der Waals surface area contributed by atoms with E-state index < -0.39 is 23.0 Å². The fourth-order valence-corrected chi connectivity index (χ4v) is 4.57. The van der Waals surface area contributed by atoms with Gasteiger partial charge < -0.3 is 14.2 Å². The van der Waals surface area contributed by atoms with E-state index in [1.807, 2.05) is 0 Å². The zero-order chi connectivity index (χ0) is 26.3. The molecule has 1 aliphatic heterocycles. The molecule has 0 bridgehead atoms. The highest BCUT2D eigenvalue weighted by molar-refractivity contribution is 5.95. The number of nitrogens with one attached hydrogen (secondary N) is 1. The SMILES string of the molecule is Cc1nc(C)c(C(=O)N2CCN(C(=O)c3cc(Cn4c(=O)[nH]c(=O)c5ccccc54)ccc3F)CC2)o1. The molecule has 0 atom stereocenters. The summed E-state index contributed by atoms with van der Waals surface area (Å²) in [5, 5.41) is 0.351. The second kappa shape index (κ2) is 9.49. The number of nitrogens with zero attached hydrogens (tertiary/aromatic N) is 4. The number of aromatic amines is 1. The number of fused-ring (bicyclic) bond motifs is 1. The maximum absolute atomic E-state index is 14.7. The van der Waals surface area contributed by atoms with Crippen LogP contribution in [-0.4, -0.2) is 62.3 Å². The molecular formula is C26H24FN5O5. The van der Waals surface area contributed by atoms with Crippen LogP contribution in [0.2, 0.25) is 0 Å². The van der Waals surface area contributed by atoms with Gasteiger partial charge in [-0.05, 0) is 36.8 Å². The monoisotopic (exact) mass is 505 g/mol. The van der Waals surface area contributed by atoms with Crippen molar-refractivity contribution in [2.75, 3.05) is 26.2 Å². The number of oxazole rings is 1. The quantitative estimate of drug-likeness (QED) is 0.453. The zero-order valence-corrected chi connectivity index (χ0v) is 20.3. The van der Waals surface area contributed by atoms with Gasteiger partial charge in [-0.1, -0.05) is 18.2 Å². The van der Waals surface area contributed by atoms with Crippen LogP contribution in [0, 0.1) is 19.7 Å². The number of aryl methyl sites for hydroxylation is 2. The van der Waals surface area contributed by atoms with Crippen LogP contribution < -0.4 is 11.2 Å². The molecule has 1 fully saturated rings. The fraction of sp³-hybridized carbons (Fsp3) is 0.269. The molecule has 2 aromatic heterocycles. The van der Waals surface area contributed by atoms with Crippen LogP contribution in [0.15, 0.2) is 56.5 Å². The standard InChI is InChI=1S/C26H24FN5O5/c1-15-22(37-16(2)28-15)25(35)31-11-9-30(10-12-31)24(34)19-13-17(7-8-20(19)27)14-32-21-6-4-3-5-18(21)23(33)29-26(32)36/h3-8,13H,9-12,14H2,1-2H3,(H,29,33,36). The summed E-state index contributed by atoms with van der Waals surface area (Å²) in [4.78, 5) is 60.1. The van der Waals surface area contributed by atoms with Gasteiger partial charge in [-0.2, -0.15) is 0 Å². The summed E-state index contributed by atoms with van der Waals surface area (Å²) in [7, 11) is 0. The van der Waals surface area contributed by atoms with Crippen molar-refractivity contribution < 1.29 is 18.4 Å². The van der Waals surface area contributed by atoms with Crippen molar-refractivity contribution >= 4 is 22.7 Å². The molecule has 10 nitrogen and oxygen atoms in total. The molecule has 5 rings (SSSR count). The van der Waals surface area contributed by atoms with E-state index in [1.54, 1.807) is 43.0 Å². The molecule has 0 saturated carbocycles. The number of carbonyl (C=O) groups is 2. The molecule has 0 spiro atoms. The van der Waals surface area contributed by atoms with Crippen LogP contribution in [0.25, 0.3) is 10.9 Å². The number of H-pyrrole nitrogens is 1. The summed E-state index contributed by atoms with van der Waals surface area (Å²) in [6.45, 7) is 4.39. The predicted molar refractivity (Wildman–Crippen MR) is 132 cm³/mol. The van der Waals surface area contributed by atoms with Crippen molar-refractivity contribution in [1.29, 1.82) is 0 Å². The zero-order valence-electron chi connectivity index (χ0n) is 20.3. The number of para-hydroxylation sites is 1. The molecule has 1 N–H and O–H groups in total. The molecular weight excluding hydrogens is 481 g/mol. The highest BCUT2D eigenvalue weighted by Gasteiger charge is 2.29. The van der Waals surface area contributed by atoms with Crippen molar-refractivity contribution in [3.05, 3.63) is 97.6 Å². The third-order valence-electron chi connectivity index (χ3n) is 6.46. The number of piperazine rings is 1. The van der Waals surface area contributed by atoms with E-state index in [1.165, 1.54) is 27.7 Å². The van der Waals surface area contributed by atoms with Crippen LogP contribution >= 0.6 is 0 Å². The Bertz CT molecular complexity index is 1650. The summed E-state index contributed by atoms with van der Waals surface area (Å²) in [6.07, 6.45) is 0. The lowest BCUT2D eigenvalue weighted by atomic mass is 10.1. The van der Waals surface area contributed by atoms with E-state index in [4.69, 9.17) is 4.42 Å². The first-order valence-electron chi connectivity index (χ1n) is 11.8. The summed E-state index contributed by atoms with van der Waals surface area (Å²) in [6, 6.07) is 10.8. The molecule has 3 heterocycles. The molecule has 0 aliphatic carbocycles. The molecule has 0 unspecified atom stereocenters. The first kappa shape index (κ1) is 24.2. The Morgan fingerprint density at radius 2 is 1.68 bits per heavy atom. The molecule has 190 valence electrons. The minimum Gasteiger partial charge on any atom is -0.436 e. The Morgan fingerprint density at radius 1 is 1.00 bits per heavy atom. The average molecular weight is 506 g/mol. The first-order chi connectivity index (χ1) is 17.7. The van der Waals surface area contributed by atoms with Crippen LogP contribution in [0.4, 0.5) is 4.39 Å².